The number of nitrogens with one attached hydrogen (secondary N) is 2. The van der Waals surface area contributed by atoms with Crippen LogP contribution in [-0.2, 0) is 4.74 Å². The van der Waals surface area contributed by atoms with Crippen molar-refractivity contribution < 1.29 is 9.53 Å². The lowest BCUT2D eigenvalue weighted by Crippen LogP contribution is -2.12. The summed E-state index contributed by atoms with van der Waals surface area (Å²) in [6, 6.07) is 9.62. The predicted octanol–water partition coefficient (Wildman–Crippen LogP) is 3.83. The molecule has 6 nitrogen and oxygen atoms in total. The fourth-order valence-electron chi connectivity index (χ4n) is 2.09. The predicted molar refractivity (Wildman–Crippen MR) is 86.6 cm³/mol. The van der Waals surface area contributed by atoms with E-state index >= 15 is 0 Å². The first kappa shape index (κ1) is 15.8. The van der Waals surface area contributed by atoms with Gasteiger partial charge in [0.15, 0.2) is 11.6 Å². The number of methoxy groups -OCH3 is 1. The number of carbonyl (C=O) groups is 1. The highest BCUT2D eigenvalue weighted by molar-refractivity contribution is 5.83. The van der Waals surface area contributed by atoms with Crippen LogP contribution < -0.4 is 10.6 Å². The van der Waals surface area contributed by atoms with Crippen molar-refractivity contribution in [1.29, 1.82) is 0 Å². The van der Waals surface area contributed by atoms with Crippen LogP contribution in [0.3, 0.4) is 0 Å². The van der Waals surface area contributed by atoms with Crippen molar-refractivity contribution in [1.82, 2.24) is 10.2 Å². The average Bonchev–Trinajstić information content (AvgIpc) is 2.50. The molecule has 0 spiro atoms. The summed E-state index contributed by atoms with van der Waals surface area (Å²) in [5, 5.41) is 13.8. The number of hydrogen-bond acceptors (Lipinski definition) is 5. The smallest absolute Gasteiger partial charge is 0.412 e. The summed E-state index contributed by atoms with van der Waals surface area (Å²) >= 11 is 0. The van der Waals surface area contributed by atoms with Crippen molar-refractivity contribution in [2.45, 2.75) is 26.7 Å². The molecule has 1 aromatic heterocycles. The Bertz CT molecular complexity index is 654. The van der Waals surface area contributed by atoms with Gasteiger partial charge in [0.05, 0.1) is 7.11 Å². The van der Waals surface area contributed by atoms with Crippen molar-refractivity contribution in [3.05, 3.63) is 41.5 Å². The summed E-state index contributed by atoms with van der Waals surface area (Å²) in [5.74, 6) is 1.36. The van der Waals surface area contributed by atoms with Crippen molar-refractivity contribution in [3.8, 4) is 0 Å². The average molecular weight is 300 g/mol. The molecule has 0 saturated heterocycles. The second-order valence-corrected chi connectivity index (χ2v) is 5.24. The molecule has 0 fully saturated rings. The maximum atomic E-state index is 11.1. The van der Waals surface area contributed by atoms with Crippen molar-refractivity contribution in [2.24, 2.45) is 0 Å². The fraction of sp³-hybridized carbons (Fsp3) is 0.312. The Morgan fingerprint density at radius 2 is 1.82 bits per heavy atom. The molecule has 0 aliphatic rings. The van der Waals surface area contributed by atoms with Crippen molar-refractivity contribution >= 4 is 23.4 Å². The molecule has 0 radical (unpaired) electrons. The van der Waals surface area contributed by atoms with Gasteiger partial charge in [-0.15, -0.1) is 10.2 Å². The number of aryl methyl sites for hydroxylation is 1. The van der Waals surface area contributed by atoms with E-state index in [-0.39, 0.29) is 0 Å². The number of para-hydroxylation sites is 1. The Morgan fingerprint density at radius 1 is 1.14 bits per heavy atom. The van der Waals surface area contributed by atoms with Gasteiger partial charge in [0.25, 0.3) is 0 Å². The van der Waals surface area contributed by atoms with E-state index in [9.17, 15) is 4.79 Å². The summed E-state index contributed by atoms with van der Waals surface area (Å²) in [7, 11) is 1.30. The summed E-state index contributed by atoms with van der Waals surface area (Å²) < 4.78 is 4.50. The highest BCUT2D eigenvalue weighted by atomic mass is 16.5. The van der Waals surface area contributed by atoms with E-state index in [0.717, 1.165) is 11.3 Å². The molecule has 22 heavy (non-hydrogen) atoms. The quantitative estimate of drug-likeness (QED) is 0.897. The van der Waals surface area contributed by atoms with E-state index in [4.69, 9.17) is 0 Å². The molecular weight excluding hydrogens is 280 g/mol. The highest BCUT2D eigenvalue weighted by Gasteiger charge is 2.10. The van der Waals surface area contributed by atoms with Gasteiger partial charge in [-0.05, 0) is 36.1 Å². The zero-order valence-corrected chi connectivity index (χ0v) is 13.2. The molecule has 1 heterocycles. The molecule has 0 atom stereocenters. The number of amides is 1. The molecular formula is C16H20N4O2. The third kappa shape index (κ3) is 3.72. The monoisotopic (exact) mass is 300 g/mol. The van der Waals surface area contributed by atoms with Crippen LogP contribution in [0.1, 0.15) is 30.9 Å². The molecule has 116 valence electrons. The van der Waals surface area contributed by atoms with Gasteiger partial charge in [-0.2, -0.15) is 0 Å². The van der Waals surface area contributed by atoms with Crippen LogP contribution in [-0.4, -0.2) is 23.4 Å². The molecule has 6 heteroatoms. The molecule has 2 aromatic rings. The van der Waals surface area contributed by atoms with Gasteiger partial charge in [-0.1, -0.05) is 32.0 Å². The molecule has 0 aliphatic carbocycles. The molecule has 2 rings (SSSR count). The first-order valence-electron chi connectivity index (χ1n) is 7.06. The van der Waals surface area contributed by atoms with E-state index in [1.54, 1.807) is 12.1 Å². The minimum Gasteiger partial charge on any atom is -0.453 e. The zero-order valence-electron chi connectivity index (χ0n) is 13.2. The maximum Gasteiger partial charge on any atom is 0.412 e. The standard InChI is InChI=1S/C16H20N4O2/c1-10(2)12-7-5-6-11(3)15(12)17-13-8-9-14(20-19-13)18-16(21)22-4/h5-10H,1-4H3,(H,17,19)(H,18,20,21). The van der Waals surface area contributed by atoms with Crippen molar-refractivity contribution in [3.63, 3.8) is 0 Å². The summed E-state index contributed by atoms with van der Waals surface area (Å²) in [4.78, 5) is 11.1. The number of rotatable bonds is 4. The Balaban J connectivity index is 2.20. The zero-order chi connectivity index (χ0) is 16.1. The molecule has 0 aliphatic heterocycles. The topological polar surface area (TPSA) is 76.1 Å². The SMILES string of the molecule is COC(=O)Nc1ccc(Nc2c(C)cccc2C(C)C)nn1. The fourth-order valence-corrected chi connectivity index (χ4v) is 2.09. The van der Waals surface area contributed by atoms with Crippen LogP contribution in [0.25, 0.3) is 0 Å². The number of aromatic nitrogens is 2. The molecule has 1 amide bonds. The minimum absolute atomic E-state index is 0.339. The Kier molecular flexibility index (Phi) is 4.93. The third-order valence-corrected chi connectivity index (χ3v) is 3.26. The summed E-state index contributed by atoms with van der Waals surface area (Å²) in [6.07, 6.45) is -0.573. The van der Waals surface area contributed by atoms with Gasteiger partial charge in [-0.3, -0.25) is 5.32 Å². The second kappa shape index (κ2) is 6.89. The Labute approximate surface area is 129 Å². The van der Waals surface area contributed by atoms with E-state index in [1.807, 2.05) is 6.07 Å². The molecule has 1 aromatic carbocycles. The van der Waals surface area contributed by atoms with Crippen LogP contribution in [0, 0.1) is 6.92 Å². The number of nitrogens with zero attached hydrogens (tertiary/aromatic N) is 2. The third-order valence-electron chi connectivity index (χ3n) is 3.26. The normalized spacial score (nSPS) is 10.4. The van der Waals surface area contributed by atoms with Crippen LogP contribution in [0.5, 0.6) is 0 Å². The van der Waals surface area contributed by atoms with Gasteiger partial charge in [0.2, 0.25) is 0 Å². The molecule has 0 unspecified atom stereocenters. The Hall–Kier alpha value is -2.63. The molecule has 0 bridgehead atoms. The van der Waals surface area contributed by atoms with E-state index in [2.05, 4.69) is 58.5 Å². The van der Waals surface area contributed by atoms with Crippen LogP contribution in [0.4, 0.5) is 22.1 Å². The van der Waals surface area contributed by atoms with Gasteiger partial charge in [0.1, 0.15) is 0 Å². The highest BCUT2D eigenvalue weighted by Crippen LogP contribution is 2.29. The van der Waals surface area contributed by atoms with Crippen LogP contribution in [0.2, 0.25) is 0 Å². The molecule has 0 saturated carbocycles. The number of anilines is 3. The number of benzene rings is 1. The lowest BCUT2D eigenvalue weighted by Gasteiger charge is -2.16. The molecule has 2 N–H and O–H groups in total. The van der Waals surface area contributed by atoms with Gasteiger partial charge in [0, 0.05) is 5.69 Å². The number of carbonyl (C=O) groups excluding carboxylic acids is 1. The van der Waals surface area contributed by atoms with Crippen LogP contribution in [0.15, 0.2) is 30.3 Å². The summed E-state index contributed by atoms with van der Waals surface area (Å²) in [6.45, 7) is 6.35. The Morgan fingerprint density at radius 3 is 2.41 bits per heavy atom. The van der Waals surface area contributed by atoms with Gasteiger partial charge in [-0.25, -0.2) is 4.79 Å². The van der Waals surface area contributed by atoms with E-state index in [0.29, 0.717) is 17.6 Å². The first-order chi connectivity index (χ1) is 10.5. The largest absolute Gasteiger partial charge is 0.453 e. The van der Waals surface area contributed by atoms with Gasteiger partial charge < -0.3 is 10.1 Å². The lowest BCUT2D eigenvalue weighted by molar-refractivity contribution is 0.187. The van der Waals surface area contributed by atoms with E-state index < -0.39 is 6.09 Å². The maximum absolute atomic E-state index is 11.1. The van der Waals surface area contributed by atoms with Crippen LogP contribution >= 0.6 is 0 Å². The minimum atomic E-state index is -0.573. The number of hydrogen-bond donors (Lipinski definition) is 2. The summed E-state index contributed by atoms with van der Waals surface area (Å²) in [5.41, 5.74) is 3.41. The lowest BCUT2D eigenvalue weighted by atomic mass is 9.98. The van der Waals surface area contributed by atoms with E-state index in [1.165, 1.54) is 12.7 Å². The van der Waals surface area contributed by atoms with Gasteiger partial charge >= 0.3 is 6.09 Å². The first-order valence-corrected chi connectivity index (χ1v) is 7.06. The van der Waals surface area contributed by atoms with Crippen molar-refractivity contribution in [2.75, 3.05) is 17.7 Å². The number of ether oxygens (including phenoxy) is 1. The second-order valence-electron chi connectivity index (χ2n) is 5.24.